The van der Waals surface area contributed by atoms with Gasteiger partial charge in [-0.3, -0.25) is 0 Å². The summed E-state index contributed by atoms with van der Waals surface area (Å²) in [6.45, 7) is 6.50. The molecule has 0 heterocycles. The molecule has 0 amide bonds. The first-order valence-corrected chi connectivity index (χ1v) is 13.5. The third kappa shape index (κ3) is 6.98. The Hall–Kier alpha value is -1.53. The number of carbonyl (C=O) groups is 1. The normalized spacial score (nSPS) is 22.8. The van der Waals surface area contributed by atoms with Crippen LogP contribution in [0.4, 0.5) is 5.69 Å². The molecule has 2 aliphatic carbocycles. The molecule has 0 aromatic heterocycles. The fourth-order valence-corrected chi connectivity index (χ4v) is 6.98. The van der Waals surface area contributed by atoms with Gasteiger partial charge in [-0.15, -0.1) is 0 Å². The van der Waals surface area contributed by atoms with E-state index in [-0.39, 0.29) is 5.56 Å². The molecular formula is C26H37NO3S2. The van der Waals surface area contributed by atoms with Crippen LogP contribution in [0.1, 0.15) is 81.5 Å². The molecule has 2 unspecified atom stereocenters. The molecule has 0 radical (unpaired) electrons. The number of ether oxygens (including phenoxy) is 1. The molecule has 2 aliphatic rings. The van der Waals surface area contributed by atoms with Gasteiger partial charge in [-0.1, -0.05) is 69.4 Å². The molecule has 1 aromatic carbocycles. The van der Waals surface area contributed by atoms with E-state index < -0.39 is 5.97 Å². The van der Waals surface area contributed by atoms with Crippen molar-refractivity contribution in [2.45, 2.75) is 71.1 Å². The Labute approximate surface area is 201 Å². The number of aromatic carboxylic acids is 1. The molecule has 2 N–H and O–H groups in total. The highest BCUT2D eigenvalue weighted by molar-refractivity contribution is 8.24. The summed E-state index contributed by atoms with van der Waals surface area (Å²) in [4.78, 5) is 12.5. The zero-order valence-electron chi connectivity index (χ0n) is 19.4. The van der Waals surface area contributed by atoms with Crippen LogP contribution in [0.2, 0.25) is 0 Å². The van der Waals surface area contributed by atoms with Gasteiger partial charge in [0, 0.05) is 0 Å². The number of thioether (sulfide) groups is 1. The van der Waals surface area contributed by atoms with Crippen LogP contribution in [-0.4, -0.2) is 18.2 Å². The van der Waals surface area contributed by atoms with E-state index in [0.29, 0.717) is 11.7 Å². The molecule has 0 spiro atoms. The zero-order chi connectivity index (χ0) is 22.9. The SMILES string of the molecule is C=C(S/C(=C\C)SNc1ccc(C(=O)O)cc1OC)C1CCCC(C2CCCCC2)CC1. The third-order valence-electron chi connectivity index (χ3n) is 6.96. The lowest BCUT2D eigenvalue weighted by Crippen LogP contribution is -2.17. The van der Waals surface area contributed by atoms with E-state index in [9.17, 15) is 9.90 Å². The highest BCUT2D eigenvalue weighted by atomic mass is 32.2. The van der Waals surface area contributed by atoms with E-state index in [1.54, 1.807) is 37.1 Å². The summed E-state index contributed by atoms with van der Waals surface area (Å²) >= 11 is 3.30. The number of allylic oxidation sites excluding steroid dienone is 2. The van der Waals surface area contributed by atoms with Crippen molar-refractivity contribution in [3.8, 4) is 5.75 Å². The lowest BCUT2D eigenvalue weighted by molar-refractivity contribution is 0.0696. The second-order valence-corrected chi connectivity index (χ2v) is 11.2. The predicted octanol–water partition coefficient (Wildman–Crippen LogP) is 8.34. The topological polar surface area (TPSA) is 58.6 Å². The van der Waals surface area contributed by atoms with Crippen LogP contribution in [0.25, 0.3) is 0 Å². The number of nitrogens with one attached hydrogen (secondary N) is 1. The Morgan fingerprint density at radius 3 is 2.50 bits per heavy atom. The van der Waals surface area contributed by atoms with E-state index in [1.165, 1.54) is 81.1 Å². The van der Waals surface area contributed by atoms with Crippen LogP contribution < -0.4 is 9.46 Å². The number of carboxylic acid groups (broad SMARTS) is 1. The lowest BCUT2D eigenvalue weighted by Gasteiger charge is -2.29. The van der Waals surface area contributed by atoms with Crippen molar-refractivity contribution in [2.24, 2.45) is 17.8 Å². The van der Waals surface area contributed by atoms with E-state index >= 15 is 0 Å². The van der Waals surface area contributed by atoms with Gasteiger partial charge in [-0.25, -0.2) is 4.79 Å². The van der Waals surface area contributed by atoms with Crippen LogP contribution in [0.3, 0.4) is 0 Å². The first-order chi connectivity index (χ1) is 15.5. The lowest BCUT2D eigenvalue weighted by atomic mass is 9.77. The average Bonchev–Trinajstić information content (AvgIpc) is 3.08. The monoisotopic (exact) mass is 475 g/mol. The fraction of sp³-hybridized carbons (Fsp3) is 0.577. The van der Waals surface area contributed by atoms with Crippen molar-refractivity contribution < 1.29 is 14.6 Å². The zero-order valence-corrected chi connectivity index (χ0v) is 21.0. The van der Waals surface area contributed by atoms with E-state index in [2.05, 4.69) is 17.4 Å². The first kappa shape index (κ1) is 25.1. The van der Waals surface area contributed by atoms with Crippen molar-refractivity contribution in [3.05, 3.63) is 45.6 Å². The molecule has 32 heavy (non-hydrogen) atoms. The fourth-order valence-electron chi connectivity index (χ4n) is 5.09. The molecule has 6 heteroatoms. The second kappa shape index (κ2) is 12.6. The number of hydrogen-bond donors (Lipinski definition) is 2. The van der Waals surface area contributed by atoms with Crippen LogP contribution in [-0.2, 0) is 0 Å². The summed E-state index contributed by atoms with van der Waals surface area (Å²) in [5, 5.41) is 9.18. The summed E-state index contributed by atoms with van der Waals surface area (Å²) in [5.41, 5.74) is 0.976. The van der Waals surface area contributed by atoms with E-state index in [0.717, 1.165) is 21.8 Å². The average molecular weight is 476 g/mol. The molecule has 2 fully saturated rings. The second-order valence-electron chi connectivity index (χ2n) is 8.96. The molecule has 1 aromatic rings. The number of rotatable bonds is 9. The van der Waals surface area contributed by atoms with Gasteiger partial charge in [0.1, 0.15) is 5.75 Å². The summed E-state index contributed by atoms with van der Waals surface area (Å²) in [6.07, 6.45) is 15.9. The molecule has 2 atom stereocenters. The maximum atomic E-state index is 11.2. The molecule has 0 saturated heterocycles. The molecule has 176 valence electrons. The van der Waals surface area contributed by atoms with Gasteiger partial charge in [-0.05, 0) is 79.0 Å². The Bertz CT molecular complexity index is 817. The van der Waals surface area contributed by atoms with Crippen molar-refractivity contribution in [1.82, 2.24) is 0 Å². The smallest absolute Gasteiger partial charge is 0.335 e. The summed E-state index contributed by atoms with van der Waals surface area (Å²) in [5.74, 6) is 2.05. The Balaban J connectivity index is 1.52. The standard InChI is InChI=1S/C26H37NO3S2/c1-4-25(32-27-23-16-15-22(26(28)29)17-24(23)30-3)31-18(2)19-11-8-12-21(14-13-19)20-9-6-5-7-10-20/h4,15-17,19-21,27H,2,5-14H2,1,3H3,(H,28,29)/b25-4+. The van der Waals surface area contributed by atoms with Crippen molar-refractivity contribution >= 4 is 35.4 Å². The minimum atomic E-state index is -0.961. The van der Waals surface area contributed by atoms with Gasteiger partial charge >= 0.3 is 5.97 Å². The van der Waals surface area contributed by atoms with Gasteiger partial charge in [0.15, 0.2) is 0 Å². The van der Waals surface area contributed by atoms with Gasteiger partial charge in [0.25, 0.3) is 0 Å². The Kier molecular flexibility index (Phi) is 9.92. The number of hydrogen-bond acceptors (Lipinski definition) is 5. The van der Waals surface area contributed by atoms with Gasteiger partial charge < -0.3 is 14.6 Å². The Morgan fingerprint density at radius 2 is 1.81 bits per heavy atom. The van der Waals surface area contributed by atoms with Gasteiger partial charge in [0.05, 0.1) is 22.6 Å². The molecule has 4 nitrogen and oxygen atoms in total. The quantitative estimate of drug-likeness (QED) is 0.276. The minimum absolute atomic E-state index is 0.214. The number of methoxy groups -OCH3 is 1. The third-order valence-corrected chi connectivity index (χ3v) is 9.25. The minimum Gasteiger partial charge on any atom is -0.495 e. The van der Waals surface area contributed by atoms with Crippen molar-refractivity contribution in [3.63, 3.8) is 0 Å². The summed E-state index contributed by atoms with van der Waals surface area (Å²) in [6, 6.07) is 4.88. The molecule has 2 saturated carbocycles. The predicted molar refractivity (Wildman–Crippen MR) is 138 cm³/mol. The van der Waals surface area contributed by atoms with Gasteiger partial charge in [-0.2, -0.15) is 0 Å². The molecule has 3 rings (SSSR count). The van der Waals surface area contributed by atoms with Crippen LogP contribution in [0.5, 0.6) is 5.75 Å². The van der Waals surface area contributed by atoms with Crippen LogP contribution >= 0.6 is 23.7 Å². The molecule has 0 aliphatic heterocycles. The van der Waals surface area contributed by atoms with Gasteiger partial charge in [0.2, 0.25) is 0 Å². The first-order valence-electron chi connectivity index (χ1n) is 11.9. The van der Waals surface area contributed by atoms with Crippen molar-refractivity contribution in [1.29, 1.82) is 0 Å². The maximum absolute atomic E-state index is 11.2. The highest BCUT2D eigenvalue weighted by Crippen LogP contribution is 2.45. The van der Waals surface area contributed by atoms with Crippen LogP contribution in [0, 0.1) is 17.8 Å². The van der Waals surface area contributed by atoms with E-state index in [1.807, 2.05) is 6.92 Å². The van der Waals surface area contributed by atoms with E-state index in [4.69, 9.17) is 4.74 Å². The number of benzene rings is 1. The Morgan fingerprint density at radius 1 is 1.09 bits per heavy atom. The highest BCUT2D eigenvalue weighted by Gasteiger charge is 2.28. The number of carboxylic acids is 1. The van der Waals surface area contributed by atoms with Crippen LogP contribution in [0.15, 0.2) is 40.0 Å². The molecular weight excluding hydrogens is 438 g/mol. The summed E-state index contributed by atoms with van der Waals surface area (Å²) < 4.78 is 9.84. The largest absolute Gasteiger partial charge is 0.495 e. The summed E-state index contributed by atoms with van der Waals surface area (Å²) in [7, 11) is 1.55. The molecule has 0 bridgehead atoms. The number of anilines is 1. The van der Waals surface area contributed by atoms with Crippen molar-refractivity contribution in [2.75, 3.05) is 11.8 Å². The maximum Gasteiger partial charge on any atom is 0.335 e.